The number of amides is 1. The molecule has 0 atom stereocenters. The van der Waals surface area contributed by atoms with E-state index in [0.717, 1.165) is 11.1 Å². The zero-order valence-electron chi connectivity index (χ0n) is 16.0. The van der Waals surface area contributed by atoms with Gasteiger partial charge in [0.05, 0.1) is 11.7 Å². The molecule has 3 aromatic carbocycles. The van der Waals surface area contributed by atoms with Gasteiger partial charge in [0.15, 0.2) is 0 Å². The molecule has 0 saturated carbocycles. The number of rotatable bonds is 3. The quantitative estimate of drug-likeness (QED) is 0.555. The van der Waals surface area contributed by atoms with E-state index in [1.54, 1.807) is 19.1 Å². The molecule has 1 aromatic heterocycles. The van der Waals surface area contributed by atoms with Crippen molar-refractivity contribution in [3.63, 3.8) is 0 Å². The SMILES string of the molecule is Cc1nc(C(=O)NC2c3ccccc3Oc3ccccc32)nn1-c1ccc(F)cc1. The van der Waals surface area contributed by atoms with Crippen molar-refractivity contribution in [2.75, 3.05) is 0 Å². The maximum Gasteiger partial charge on any atom is 0.291 e. The molecule has 7 heteroatoms. The summed E-state index contributed by atoms with van der Waals surface area (Å²) in [6.07, 6.45) is 0. The molecule has 0 bridgehead atoms. The minimum absolute atomic E-state index is 0.0401. The first-order chi connectivity index (χ1) is 14.6. The molecule has 5 rings (SSSR count). The topological polar surface area (TPSA) is 69.0 Å². The molecule has 4 aromatic rings. The smallest absolute Gasteiger partial charge is 0.291 e. The lowest BCUT2D eigenvalue weighted by Gasteiger charge is -2.28. The minimum Gasteiger partial charge on any atom is -0.457 e. The maximum atomic E-state index is 13.2. The standard InChI is InChI=1S/C23H17FN4O2/c1-14-25-22(27-28(14)16-12-10-15(24)11-13-16)23(29)26-21-17-6-2-4-8-19(17)30-20-9-5-3-7-18(20)21/h2-13,21H,1H3,(H,26,29). The van der Waals surface area contributed by atoms with E-state index in [1.165, 1.54) is 16.8 Å². The first kappa shape index (κ1) is 18.1. The normalized spacial score (nSPS) is 12.6. The van der Waals surface area contributed by atoms with E-state index in [0.29, 0.717) is 23.0 Å². The summed E-state index contributed by atoms with van der Waals surface area (Å²) in [6.45, 7) is 1.74. The summed E-state index contributed by atoms with van der Waals surface area (Å²) in [4.78, 5) is 17.3. The van der Waals surface area contributed by atoms with Crippen molar-refractivity contribution in [3.8, 4) is 17.2 Å². The highest BCUT2D eigenvalue weighted by molar-refractivity contribution is 5.91. The van der Waals surface area contributed by atoms with Crippen molar-refractivity contribution in [2.45, 2.75) is 13.0 Å². The Labute approximate surface area is 172 Å². The Kier molecular flexibility index (Phi) is 4.28. The van der Waals surface area contributed by atoms with Crippen LogP contribution >= 0.6 is 0 Å². The molecule has 0 aliphatic carbocycles. The Balaban J connectivity index is 1.48. The largest absolute Gasteiger partial charge is 0.457 e. The Morgan fingerprint density at radius 1 is 0.967 bits per heavy atom. The van der Waals surface area contributed by atoms with E-state index < -0.39 is 11.9 Å². The monoisotopic (exact) mass is 400 g/mol. The fourth-order valence-corrected chi connectivity index (χ4v) is 3.57. The zero-order chi connectivity index (χ0) is 20.7. The van der Waals surface area contributed by atoms with Gasteiger partial charge in [-0.1, -0.05) is 36.4 Å². The summed E-state index contributed by atoms with van der Waals surface area (Å²) < 4.78 is 20.7. The zero-order valence-corrected chi connectivity index (χ0v) is 16.0. The highest BCUT2D eigenvalue weighted by Gasteiger charge is 2.29. The first-order valence-electron chi connectivity index (χ1n) is 9.46. The number of aryl methyl sites for hydroxylation is 1. The van der Waals surface area contributed by atoms with Crippen LogP contribution in [0.25, 0.3) is 5.69 Å². The van der Waals surface area contributed by atoms with Crippen LogP contribution in [0.15, 0.2) is 72.8 Å². The molecule has 2 heterocycles. The number of carbonyl (C=O) groups excluding carboxylic acids is 1. The van der Waals surface area contributed by atoms with Crippen LogP contribution in [0.5, 0.6) is 11.5 Å². The Morgan fingerprint density at radius 3 is 2.20 bits per heavy atom. The van der Waals surface area contributed by atoms with E-state index >= 15 is 0 Å². The summed E-state index contributed by atoms with van der Waals surface area (Å²) in [6, 6.07) is 20.6. The second-order valence-electron chi connectivity index (χ2n) is 6.96. The fraction of sp³-hybridized carbons (Fsp3) is 0.0870. The molecule has 1 aliphatic heterocycles. The first-order valence-corrected chi connectivity index (χ1v) is 9.46. The van der Waals surface area contributed by atoms with Gasteiger partial charge in [-0.05, 0) is 43.3 Å². The third-order valence-corrected chi connectivity index (χ3v) is 5.00. The van der Waals surface area contributed by atoms with E-state index in [2.05, 4.69) is 15.4 Å². The number of benzene rings is 3. The molecular weight excluding hydrogens is 383 g/mol. The van der Waals surface area contributed by atoms with Crippen molar-refractivity contribution in [2.24, 2.45) is 0 Å². The second-order valence-corrected chi connectivity index (χ2v) is 6.96. The average Bonchev–Trinajstić information content (AvgIpc) is 3.16. The molecule has 1 N–H and O–H groups in total. The third-order valence-electron chi connectivity index (χ3n) is 5.00. The van der Waals surface area contributed by atoms with Gasteiger partial charge in [-0.15, -0.1) is 5.10 Å². The van der Waals surface area contributed by atoms with Gasteiger partial charge in [0.1, 0.15) is 23.1 Å². The van der Waals surface area contributed by atoms with E-state index in [1.807, 2.05) is 48.5 Å². The van der Waals surface area contributed by atoms with Crippen molar-refractivity contribution in [3.05, 3.63) is 101 Å². The van der Waals surface area contributed by atoms with Crippen LogP contribution in [0.3, 0.4) is 0 Å². The summed E-state index contributed by atoms with van der Waals surface area (Å²) in [5, 5.41) is 7.36. The van der Waals surface area contributed by atoms with Crippen molar-refractivity contribution in [1.29, 1.82) is 0 Å². The number of para-hydroxylation sites is 2. The Bertz CT molecular complexity index is 1200. The molecule has 148 valence electrons. The molecule has 0 saturated heterocycles. The molecule has 1 aliphatic rings. The van der Waals surface area contributed by atoms with Gasteiger partial charge in [-0.25, -0.2) is 14.1 Å². The lowest BCUT2D eigenvalue weighted by atomic mass is 9.94. The lowest BCUT2D eigenvalue weighted by Crippen LogP contribution is -2.32. The molecule has 0 fully saturated rings. The van der Waals surface area contributed by atoms with Crippen LogP contribution in [0.2, 0.25) is 0 Å². The number of hydrogen-bond acceptors (Lipinski definition) is 4. The molecule has 6 nitrogen and oxygen atoms in total. The number of nitrogens with zero attached hydrogens (tertiary/aromatic N) is 3. The van der Waals surface area contributed by atoms with Gasteiger partial charge in [0, 0.05) is 11.1 Å². The molecule has 0 spiro atoms. The summed E-state index contributed by atoms with van der Waals surface area (Å²) in [7, 11) is 0. The molecular formula is C23H17FN4O2. The number of fused-ring (bicyclic) bond motifs is 2. The molecule has 0 radical (unpaired) electrons. The maximum absolute atomic E-state index is 13.2. The minimum atomic E-state index is -0.407. The van der Waals surface area contributed by atoms with Gasteiger partial charge in [0.25, 0.3) is 5.91 Å². The van der Waals surface area contributed by atoms with Gasteiger partial charge in [0.2, 0.25) is 5.82 Å². The van der Waals surface area contributed by atoms with Crippen molar-refractivity contribution in [1.82, 2.24) is 20.1 Å². The summed E-state index contributed by atoms with van der Waals surface area (Å²) in [5.41, 5.74) is 2.35. The van der Waals surface area contributed by atoms with E-state index in [9.17, 15) is 9.18 Å². The van der Waals surface area contributed by atoms with Crippen LogP contribution in [0, 0.1) is 12.7 Å². The van der Waals surface area contributed by atoms with Crippen LogP contribution in [0.4, 0.5) is 4.39 Å². The van der Waals surface area contributed by atoms with Gasteiger partial charge < -0.3 is 10.1 Å². The number of nitrogens with one attached hydrogen (secondary N) is 1. The summed E-state index contributed by atoms with van der Waals surface area (Å²) in [5.74, 6) is 1.21. The van der Waals surface area contributed by atoms with Crippen LogP contribution in [0.1, 0.15) is 33.6 Å². The number of hydrogen-bond donors (Lipinski definition) is 1. The van der Waals surface area contributed by atoms with Gasteiger partial charge in [-0.3, -0.25) is 4.79 Å². The predicted molar refractivity (Wildman–Crippen MR) is 108 cm³/mol. The van der Waals surface area contributed by atoms with Crippen molar-refractivity contribution < 1.29 is 13.9 Å². The lowest BCUT2D eigenvalue weighted by molar-refractivity contribution is 0.0931. The van der Waals surface area contributed by atoms with E-state index in [4.69, 9.17) is 4.74 Å². The molecule has 1 amide bonds. The van der Waals surface area contributed by atoms with Gasteiger partial charge in [-0.2, -0.15) is 0 Å². The number of carbonyl (C=O) groups is 1. The third kappa shape index (κ3) is 3.10. The van der Waals surface area contributed by atoms with Crippen LogP contribution in [-0.4, -0.2) is 20.7 Å². The second kappa shape index (κ2) is 7.11. The highest BCUT2D eigenvalue weighted by Crippen LogP contribution is 2.42. The van der Waals surface area contributed by atoms with Crippen LogP contribution in [-0.2, 0) is 0 Å². The average molecular weight is 400 g/mol. The summed E-state index contributed by atoms with van der Waals surface area (Å²) >= 11 is 0. The van der Waals surface area contributed by atoms with E-state index in [-0.39, 0.29) is 11.6 Å². The Morgan fingerprint density at radius 2 is 1.57 bits per heavy atom. The number of aromatic nitrogens is 3. The fourth-order valence-electron chi connectivity index (χ4n) is 3.57. The Hall–Kier alpha value is -4.00. The van der Waals surface area contributed by atoms with Crippen LogP contribution < -0.4 is 10.1 Å². The molecule has 0 unspecified atom stereocenters. The number of halogens is 1. The number of ether oxygens (including phenoxy) is 1. The highest BCUT2D eigenvalue weighted by atomic mass is 19.1. The van der Waals surface area contributed by atoms with Crippen molar-refractivity contribution >= 4 is 5.91 Å². The van der Waals surface area contributed by atoms with Gasteiger partial charge >= 0.3 is 0 Å². The molecule has 30 heavy (non-hydrogen) atoms. The predicted octanol–water partition coefficient (Wildman–Crippen LogP) is 4.34.